The average Bonchev–Trinajstić information content (AvgIpc) is 2.73. The number of thioether (sulfide) groups is 1. The van der Waals surface area contributed by atoms with Crippen molar-refractivity contribution in [1.29, 1.82) is 0 Å². The fourth-order valence-electron chi connectivity index (χ4n) is 1.91. The van der Waals surface area contributed by atoms with Crippen LogP contribution in [0.25, 0.3) is 6.08 Å². The van der Waals surface area contributed by atoms with Crippen molar-refractivity contribution in [2.45, 2.75) is 12.5 Å². The van der Waals surface area contributed by atoms with Gasteiger partial charge in [-0.3, -0.25) is 14.5 Å². The zero-order chi connectivity index (χ0) is 17.1. The van der Waals surface area contributed by atoms with Crippen LogP contribution in [0.4, 0.5) is 0 Å². The number of thiocarbonyl (C=S) groups is 1. The van der Waals surface area contributed by atoms with E-state index in [9.17, 15) is 14.4 Å². The maximum Gasteiger partial charge on any atom is 0.327 e. The molecule has 0 spiro atoms. The van der Waals surface area contributed by atoms with E-state index in [1.54, 1.807) is 30.3 Å². The lowest BCUT2D eigenvalue weighted by atomic mass is 10.1. The van der Waals surface area contributed by atoms with Crippen LogP contribution in [0, 0.1) is 0 Å². The average molecular weight is 372 g/mol. The van der Waals surface area contributed by atoms with Crippen molar-refractivity contribution >= 4 is 63.8 Å². The number of hydrogen-bond donors (Lipinski definition) is 2. The molecule has 1 atom stereocenters. The van der Waals surface area contributed by atoms with Gasteiger partial charge in [0, 0.05) is 5.02 Å². The first-order valence-electron chi connectivity index (χ1n) is 6.27. The summed E-state index contributed by atoms with van der Waals surface area (Å²) >= 11 is 11.7. The van der Waals surface area contributed by atoms with E-state index in [1.807, 2.05) is 0 Å². The predicted octanol–water partition coefficient (Wildman–Crippen LogP) is 2.47. The molecule has 0 aliphatic carbocycles. The number of benzene rings is 1. The Morgan fingerprint density at radius 1 is 1.30 bits per heavy atom. The number of aliphatic carboxylic acids is 2. The third-order valence-corrected chi connectivity index (χ3v) is 4.54. The molecule has 1 fully saturated rings. The first kappa shape index (κ1) is 17.5. The second kappa shape index (κ2) is 7.12. The van der Waals surface area contributed by atoms with Gasteiger partial charge in [-0.25, -0.2) is 4.79 Å². The summed E-state index contributed by atoms with van der Waals surface area (Å²) in [5.41, 5.74) is 0.694. The number of rotatable bonds is 5. The van der Waals surface area contributed by atoms with Crippen molar-refractivity contribution in [1.82, 2.24) is 4.90 Å². The van der Waals surface area contributed by atoms with Gasteiger partial charge in [0.1, 0.15) is 10.4 Å². The Morgan fingerprint density at radius 2 is 1.91 bits per heavy atom. The van der Waals surface area contributed by atoms with Crippen LogP contribution < -0.4 is 0 Å². The fraction of sp³-hybridized carbons (Fsp3) is 0.143. The summed E-state index contributed by atoms with van der Waals surface area (Å²) < 4.78 is 0.0175. The van der Waals surface area contributed by atoms with Crippen LogP contribution in [-0.2, 0) is 14.4 Å². The quantitative estimate of drug-likeness (QED) is 0.606. The van der Waals surface area contributed by atoms with Crippen molar-refractivity contribution in [2.75, 3.05) is 0 Å². The van der Waals surface area contributed by atoms with Gasteiger partial charge < -0.3 is 10.2 Å². The van der Waals surface area contributed by atoms with Crippen molar-refractivity contribution in [3.63, 3.8) is 0 Å². The Labute approximate surface area is 145 Å². The molecule has 6 nitrogen and oxygen atoms in total. The molecule has 1 aromatic carbocycles. The van der Waals surface area contributed by atoms with E-state index in [-0.39, 0.29) is 9.23 Å². The van der Waals surface area contributed by atoms with Crippen molar-refractivity contribution in [3.8, 4) is 0 Å². The first-order chi connectivity index (χ1) is 10.8. The van der Waals surface area contributed by atoms with Gasteiger partial charge in [-0.1, -0.05) is 47.7 Å². The summed E-state index contributed by atoms with van der Waals surface area (Å²) in [7, 11) is 0. The number of amides is 1. The van der Waals surface area contributed by atoms with E-state index in [0.29, 0.717) is 10.6 Å². The maximum atomic E-state index is 12.4. The molecule has 1 saturated heterocycles. The molecule has 0 bridgehead atoms. The molecule has 0 aromatic heterocycles. The van der Waals surface area contributed by atoms with E-state index in [2.05, 4.69) is 0 Å². The van der Waals surface area contributed by atoms with Crippen molar-refractivity contribution in [2.24, 2.45) is 0 Å². The molecule has 2 rings (SSSR count). The molecule has 1 aliphatic rings. The number of carboxylic acid groups (broad SMARTS) is 2. The molecule has 1 aromatic rings. The minimum absolute atomic E-state index is 0.0175. The minimum Gasteiger partial charge on any atom is -0.481 e. The number of halogens is 1. The first-order valence-corrected chi connectivity index (χ1v) is 7.87. The van der Waals surface area contributed by atoms with Crippen LogP contribution in [0.2, 0.25) is 5.02 Å². The van der Waals surface area contributed by atoms with Gasteiger partial charge in [-0.05, 0) is 23.8 Å². The molecule has 1 amide bonds. The summed E-state index contributed by atoms with van der Waals surface area (Å²) in [5, 5.41) is 18.5. The lowest BCUT2D eigenvalue weighted by Crippen LogP contribution is -2.45. The molecule has 120 valence electrons. The summed E-state index contributed by atoms with van der Waals surface area (Å²) in [4.78, 5) is 35.5. The Morgan fingerprint density at radius 3 is 2.43 bits per heavy atom. The van der Waals surface area contributed by atoms with Crippen LogP contribution in [0.15, 0.2) is 29.2 Å². The zero-order valence-corrected chi connectivity index (χ0v) is 13.8. The third-order valence-electron chi connectivity index (χ3n) is 2.96. The molecular formula is C14H10ClNO5S2. The summed E-state index contributed by atoms with van der Waals surface area (Å²) in [6, 6.07) is 5.16. The Balaban J connectivity index is 2.30. The van der Waals surface area contributed by atoms with E-state index < -0.39 is 30.3 Å². The SMILES string of the molecule is O=C(O)C[C@H](C(=O)O)N1C(=O)/C(=C/c2ccc(Cl)cc2)SC1=S. The molecule has 0 saturated carbocycles. The van der Waals surface area contributed by atoms with Gasteiger partial charge in [0.2, 0.25) is 0 Å². The largest absolute Gasteiger partial charge is 0.481 e. The maximum absolute atomic E-state index is 12.4. The molecule has 0 radical (unpaired) electrons. The Kier molecular flexibility index (Phi) is 5.40. The molecule has 23 heavy (non-hydrogen) atoms. The highest BCUT2D eigenvalue weighted by molar-refractivity contribution is 8.26. The highest BCUT2D eigenvalue weighted by atomic mass is 35.5. The van der Waals surface area contributed by atoms with Crippen LogP contribution >= 0.6 is 35.6 Å². The van der Waals surface area contributed by atoms with Gasteiger partial charge >= 0.3 is 11.9 Å². The van der Waals surface area contributed by atoms with Gasteiger partial charge in [-0.15, -0.1) is 0 Å². The second-order valence-corrected chi connectivity index (χ2v) is 6.67. The normalized spacial score (nSPS) is 17.6. The number of carbonyl (C=O) groups excluding carboxylic acids is 1. The van der Waals surface area contributed by atoms with Gasteiger partial charge in [-0.2, -0.15) is 0 Å². The predicted molar refractivity (Wildman–Crippen MR) is 90.1 cm³/mol. The highest BCUT2D eigenvalue weighted by Crippen LogP contribution is 2.34. The van der Waals surface area contributed by atoms with Crippen LogP contribution in [0.1, 0.15) is 12.0 Å². The minimum atomic E-state index is -1.53. The lowest BCUT2D eigenvalue weighted by Gasteiger charge is -2.21. The van der Waals surface area contributed by atoms with E-state index in [4.69, 9.17) is 34.0 Å². The van der Waals surface area contributed by atoms with Crippen LogP contribution in [-0.4, -0.2) is 43.3 Å². The lowest BCUT2D eigenvalue weighted by molar-refractivity contribution is -0.150. The van der Waals surface area contributed by atoms with E-state index in [0.717, 1.165) is 16.7 Å². The second-order valence-electron chi connectivity index (χ2n) is 4.56. The monoisotopic (exact) mass is 371 g/mol. The topological polar surface area (TPSA) is 94.9 Å². The zero-order valence-electron chi connectivity index (χ0n) is 11.4. The number of hydrogen-bond acceptors (Lipinski definition) is 5. The fourth-order valence-corrected chi connectivity index (χ4v) is 3.40. The summed E-state index contributed by atoms with van der Waals surface area (Å²) in [6.45, 7) is 0. The van der Waals surface area contributed by atoms with Crippen LogP contribution in [0.5, 0.6) is 0 Å². The molecular weight excluding hydrogens is 362 g/mol. The van der Waals surface area contributed by atoms with E-state index in [1.165, 1.54) is 0 Å². The number of carbonyl (C=O) groups is 3. The highest BCUT2D eigenvalue weighted by Gasteiger charge is 2.41. The molecule has 2 N–H and O–H groups in total. The Bertz CT molecular complexity index is 716. The third kappa shape index (κ3) is 4.10. The smallest absolute Gasteiger partial charge is 0.327 e. The van der Waals surface area contributed by atoms with Crippen LogP contribution in [0.3, 0.4) is 0 Å². The molecule has 1 heterocycles. The van der Waals surface area contributed by atoms with Gasteiger partial charge in [0.25, 0.3) is 5.91 Å². The molecule has 9 heteroatoms. The summed E-state index contributed by atoms with van der Waals surface area (Å²) in [6.07, 6.45) is 0.825. The van der Waals surface area contributed by atoms with Crippen molar-refractivity contribution < 1.29 is 24.6 Å². The number of nitrogens with zero attached hydrogens (tertiary/aromatic N) is 1. The van der Waals surface area contributed by atoms with Crippen molar-refractivity contribution in [3.05, 3.63) is 39.8 Å². The van der Waals surface area contributed by atoms with E-state index >= 15 is 0 Å². The summed E-state index contributed by atoms with van der Waals surface area (Å²) in [5.74, 6) is -3.37. The van der Waals surface area contributed by atoms with Gasteiger partial charge in [0.05, 0.1) is 11.3 Å². The Hall–Kier alpha value is -1.90. The molecule has 0 unspecified atom stereocenters. The van der Waals surface area contributed by atoms with Gasteiger partial charge in [0.15, 0.2) is 0 Å². The number of carboxylic acids is 2. The standard InChI is InChI=1S/C14H10ClNO5S2/c15-8-3-1-7(2-4-8)5-10-12(19)16(14(22)23-10)9(13(20)21)6-11(17)18/h1-5,9H,6H2,(H,17,18)(H,20,21)/b10-5-/t9-/m1/s1. The molecule has 1 aliphatic heterocycles.